The van der Waals surface area contributed by atoms with E-state index in [4.69, 9.17) is 0 Å². The van der Waals surface area contributed by atoms with Gasteiger partial charge in [-0.3, -0.25) is 0 Å². The first kappa shape index (κ1) is 17.5. The molecule has 0 unspecified atom stereocenters. The lowest BCUT2D eigenvalue weighted by Crippen LogP contribution is -2.41. The van der Waals surface area contributed by atoms with Crippen LogP contribution in [0.3, 0.4) is 0 Å². The van der Waals surface area contributed by atoms with Crippen molar-refractivity contribution in [1.29, 1.82) is 0 Å². The first-order valence-corrected chi connectivity index (χ1v) is 7.56. The zero-order chi connectivity index (χ0) is 17.7. The van der Waals surface area contributed by atoms with Gasteiger partial charge in [0.25, 0.3) is 5.79 Å². The zero-order valence-electron chi connectivity index (χ0n) is 14.0. The molecule has 0 aromatic heterocycles. The predicted octanol–water partition coefficient (Wildman–Crippen LogP) is 4.04. The lowest BCUT2D eigenvalue weighted by atomic mass is 10.0. The molecule has 1 aliphatic rings. The van der Waals surface area contributed by atoms with Gasteiger partial charge in [-0.1, -0.05) is 66.7 Å². The number of ether oxygens (including phenoxy) is 2. The predicted molar refractivity (Wildman–Crippen MR) is 92.0 cm³/mol. The molecule has 0 radical (unpaired) electrons. The molecule has 0 atom stereocenters. The molecule has 2 aromatic rings. The van der Waals surface area contributed by atoms with Crippen molar-refractivity contribution in [2.75, 3.05) is 0 Å². The number of esters is 2. The summed E-state index contributed by atoms with van der Waals surface area (Å²) in [7, 11) is 0. The van der Waals surface area contributed by atoms with Crippen LogP contribution < -0.4 is 0 Å². The third-order valence-corrected chi connectivity index (χ3v) is 3.33. The Labute approximate surface area is 141 Å². The van der Waals surface area contributed by atoms with Gasteiger partial charge in [0, 0.05) is 13.8 Å². The van der Waals surface area contributed by atoms with Gasteiger partial charge in [0.1, 0.15) is 5.57 Å². The Hall–Kier alpha value is -2.88. The van der Waals surface area contributed by atoms with E-state index in [0.717, 1.165) is 0 Å². The normalized spacial score (nSPS) is 15.7. The van der Waals surface area contributed by atoms with E-state index in [9.17, 15) is 9.59 Å². The Kier molecular flexibility index (Phi) is 5.19. The molecule has 0 bridgehead atoms. The molecule has 1 aliphatic heterocycles. The molecule has 0 amide bonds. The van der Waals surface area contributed by atoms with Gasteiger partial charge >= 0.3 is 11.9 Å². The number of carbonyl (C=O) groups excluding carboxylic acids is 2. The van der Waals surface area contributed by atoms with Crippen LogP contribution in [0, 0.1) is 6.92 Å². The van der Waals surface area contributed by atoms with Crippen molar-refractivity contribution in [2.24, 2.45) is 0 Å². The molecule has 1 heterocycles. The molecule has 0 N–H and O–H groups in total. The van der Waals surface area contributed by atoms with Gasteiger partial charge in [0.05, 0.1) is 0 Å². The summed E-state index contributed by atoms with van der Waals surface area (Å²) in [4.78, 5) is 21.6. The minimum Gasteiger partial charge on any atom is -0.419 e. The van der Waals surface area contributed by atoms with Gasteiger partial charge in [-0.15, -0.1) is 0 Å². The van der Waals surface area contributed by atoms with Crippen LogP contribution in [0.4, 0.5) is 0 Å². The highest BCUT2D eigenvalue weighted by atomic mass is 16.7. The number of hydrogen-bond acceptors (Lipinski definition) is 4. The molecule has 0 aliphatic carbocycles. The highest BCUT2D eigenvalue weighted by Gasteiger charge is 2.37. The topological polar surface area (TPSA) is 52.6 Å². The minimum absolute atomic E-state index is 0.260. The molecular weight excluding hydrogens is 304 g/mol. The summed E-state index contributed by atoms with van der Waals surface area (Å²) in [5, 5.41) is 0. The average Bonchev–Trinajstić information content (AvgIpc) is 2.54. The van der Waals surface area contributed by atoms with E-state index in [-0.39, 0.29) is 5.57 Å². The van der Waals surface area contributed by atoms with Crippen LogP contribution in [0.1, 0.15) is 19.4 Å². The van der Waals surface area contributed by atoms with E-state index in [1.54, 1.807) is 0 Å². The highest BCUT2D eigenvalue weighted by Crippen LogP contribution is 2.21. The maximum Gasteiger partial charge on any atom is 0.348 e. The summed E-state index contributed by atoms with van der Waals surface area (Å²) in [6.45, 7) is 8.26. The number of aryl methyl sites for hydroxylation is 1. The largest absolute Gasteiger partial charge is 0.419 e. The molecule has 0 spiro atoms. The fourth-order valence-electron chi connectivity index (χ4n) is 2.05. The maximum absolute atomic E-state index is 10.8. The maximum atomic E-state index is 10.8. The van der Waals surface area contributed by atoms with E-state index in [2.05, 4.69) is 71.5 Å². The molecular formula is C20H20O4. The van der Waals surface area contributed by atoms with Crippen LogP contribution in [0.2, 0.25) is 0 Å². The smallest absolute Gasteiger partial charge is 0.348 e. The van der Waals surface area contributed by atoms with Gasteiger partial charge < -0.3 is 9.47 Å². The second-order valence-electron chi connectivity index (χ2n) is 5.89. The lowest BCUT2D eigenvalue weighted by molar-refractivity contribution is -0.222. The lowest BCUT2D eigenvalue weighted by Gasteiger charge is -2.29. The fourth-order valence-corrected chi connectivity index (χ4v) is 2.05. The molecule has 0 saturated carbocycles. The SMILES string of the molecule is C=C1C(=O)OC(C)(C)OC1=O.Cc1ccc(-c2ccccc2)cc1. The minimum atomic E-state index is -1.16. The van der Waals surface area contributed by atoms with Crippen LogP contribution in [0.15, 0.2) is 66.7 Å². The summed E-state index contributed by atoms with van der Waals surface area (Å²) in [6.07, 6.45) is 0. The second-order valence-corrected chi connectivity index (χ2v) is 5.89. The van der Waals surface area contributed by atoms with Crippen molar-refractivity contribution in [3.05, 3.63) is 72.3 Å². The third-order valence-electron chi connectivity index (χ3n) is 3.33. The van der Waals surface area contributed by atoms with Crippen molar-refractivity contribution in [2.45, 2.75) is 26.6 Å². The van der Waals surface area contributed by atoms with Crippen LogP contribution in [-0.2, 0) is 19.1 Å². The van der Waals surface area contributed by atoms with Crippen LogP contribution >= 0.6 is 0 Å². The average molecular weight is 324 g/mol. The number of cyclic esters (lactones) is 2. The fraction of sp³-hybridized carbons (Fsp3) is 0.200. The molecule has 24 heavy (non-hydrogen) atoms. The van der Waals surface area contributed by atoms with Crippen molar-refractivity contribution in [3.63, 3.8) is 0 Å². The number of rotatable bonds is 1. The molecule has 124 valence electrons. The van der Waals surface area contributed by atoms with Crippen LogP contribution in [-0.4, -0.2) is 17.7 Å². The first-order chi connectivity index (χ1) is 11.3. The summed E-state index contributed by atoms with van der Waals surface area (Å²) in [6, 6.07) is 19.0. The van der Waals surface area contributed by atoms with Gasteiger partial charge in [0.15, 0.2) is 0 Å². The van der Waals surface area contributed by atoms with E-state index < -0.39 is 17.7 Å². The van der Waals surface area contributed by atoms with Crippen molar-refractivity contribution >= 4 is 11.9 Å². The number of benzene rings is 2. The second kappa shape index (κ2) is 7.13. The molecule has 1 saturated heterocycles. The summed E-state index contributed by atoms with van der Waals surface area (Å²) in [5.41, 5.74) is 3.61. The molecule has 4 nitrogen and oxygen atoms in total. The summed E-state index contributed by atoms with van der Waals surface area (Å²) >= 11 is 0. The monoisotopic (exact) mass is 324 g/mol. The van der Waals surface area contributed by atoms with Crippen LogP contribution in [0.5, 0.6) is 0 Å². The summed E-state index contributed by atoms with van der Waals surface area (Å²) < 4.78 is 9.35. The zero-order valence-corrected chi connectivity index (χ0v) is 14.0. The van der Waals surface area contributed by atoms with Gasteiger partial charge in [-0.25, -0.2) is 9.59 Å². The van der Waals surface area contributed by atoms with Gasteiger partial charge in [0.2, 0.25) is 0 Å². The molecule has 3 rings (SSSR count). The van der Waals surface area contributed by atoms with Gasteiger partial charge in [-0.05, 0) is 18.1 Å². The Morgan fingerprint density at radius 2 is 1.25 bits per heavy atom. The van der Waals surface area contributed by atoms with E-state index in [1.165, 1.54) is 30.5 Å². The first-order valence-electron chi connectivity index (χ1n) is 7.56. The van der Waals surface area contributed by atoms with Crippen LogP contribution in [0.25, 0.3) is 11.1 Å². The Balaban J connectivity index is 0.000000177. The highest BCUT2D eigenvalue weighted by molar-refractivity contribution is 6.14. The van der Waals surface area contributed by atoms with Gasteiger partial charge in [-0.2, -0.15) is 0 Å². The van der Waals surface area contributed by atoms with Crippen molar-refractivity contribution in [3.8, 4) is 11.1 Å². The third kappa shape index (κ3) is 4.56. The Bertz CT molecular complexity index is 721. The standard InChI is InChI=1S/C13H12.C7H8O4/c1-11-7-9-13(10-8-11)12-5-3-2-4-6-12;1-4-5(8)10-7(2,3)11-6(4)9/h2-10H,1H3;1H2,2-3H3. The number of carbonyl (C=O) groups is 2. The molecule has 2 aromatic carbocycles. The van der Waals surface area contributed by atoms with E-state index in [0.29, 0.717) is 0 Å². The Morgan fingerprint density at radius 1 is 0.792 bits per heavy atom. The molecule has 1 fully saturated rings. The summed E-state index contributed by atoms with van der Waals surface area (Å²) in [5.74, 6) is -2.59. The van der Waals surface area contributed by atoms with Crippen molar-refractivity contribution < 1.29 is 19.1 Å². The number of hydrogen-bond donors (Lipinski definition) is 0. The quantitative estimate of drug-likeness (QED) is 0.451. The van der Waals surface area contributed by atoms with E-state index in [1.807, 2.05) is 6.07 Å². The van der Waals surface area contributed by atoms with Crippen molar-refractivity contribution in [1.82, 2.24) is 0 Å². The van der Waals surface area contributed by atoms with E-state index >= 15 is 0 Å². The Morgan fingerprint density at radius 3 is 1.75 bits per heavy atom. The molecule has 4 heteroatoms.